The molecule has 0 saturated carbocycles. The van der Waals surface area contributed by atoms with Crippen molar-refractivity contribution in [2.75, 3.05) is 25.5 Å². The Morgan fingerprint density at radius 1 is 1.39 bits per heavy atom. The molecule has 2 nitrogen and oxygen atoms in total. The fourth-order valence-corrected chi connectivity index (χ4v) is 3.41. The van der Waals surface area contributed by atoms with Gasteiger partial charge in [-0.2, -0.15) is 0 Å². The zero-order chi connectivity index (χ0) is 12.8. The van der Waals surface area contributed by atoms with Crippen LogP contribution in [0.1, 0.15) is 18.9 Å². The van der Waals surface area contributed by atoms with E-state index in [0.29, 0.717) is 12.0 Å². The van der Waals surface area contributed by atoms with E-state index in [1.54, 1.807) is 0 Å². The minimum atomic E-state index is 0.573. The Labute approximate surface area is 114 Å². The molecular formula is C15H23NOS. The number of ether oxygens (including phenoxy) is 1. The van der Waals surface area contributed by atoms with Gasteiger partial charge >= 0.3 is 0 Å². The summed E-state index contributed by atoms with van der Waals surface area (Å²) < 4.78 is 5.50. The number of rotatable bonds is 6. The van der Waals surface area contributed by atoms with E-state index in [4.69, 9.17) is 4.74 Å². The van der Waals surface area contributed by atoms with Crippen LogP contribution in [0.4, 0.5) is 0 Å². The molecule has 0 spiro atoms. The lowest BCUT2D eigenvalue weighted by atomic mass is 10.0. The fraction of sp³-hybridized carbons (Fsp3) is 0.600. The first-order valence-electron chi connectivity index (χ1n) is 6.80. The molecule has 18 heavy (non-hydrogen) atoms. The van der Waals surface area contributed by atoms with Crippen molar-refractivity contribution in [3.63, 3.8) is 0 Å². The maximum Gasteiger partial charge on any atom is 0.0510 e. The molecule has 0 radical (unpaired) electrons. The van der Waals surface area contributed by atoms with Gasteiger partial charge in [-0.3, -0.25) is 0 Å². The van der Waals surface area contributed by atoms with E-state index in [9.17, 15) is 0 Å². The molecule has 2 rings (SSSR count). The summed E-state index contributed by atoms with van der Waals surface area (Å²) in [5.41, 5.74) is 1.33. The zero-order valence-electron chi connectivity index (χ0n) is 11.3. The molecule has 0 amide bonds. The van der Waals surface area contributed by atoms with Crippen LogP contribution in [0.2, 0.25) is 0 Å². The van der Waals surface area contributed by atoms with Crippen molar-refractivity contribution >= 4 is 11.8 Å². The van der Waals surface area contributed by atoms with Gasteiger partial charge in [-0.25, -0.2) is 0 Å². The lowest BCUT2D eigenvalue weighted by Crippen LogP contribution is -2.38. The second kappa shape index (κ2) is 7.17. The first kappa shape index (κ1) is 13.9. The predicted molar refractivity (Wildman–Crippen MR) is 78.3 cm³/mol. The van der Waals surface area contributed by atoms with Gasteiger partial charge in [0, 0.05) is 29.2 Å². The minimum Gasteiger partial charge on any atom is -0.381 e. The molecule has 1 aliphatic heterocycles. The maximum absolute atomic E-state index is 5.50. The molecule has 0 bridgehead atoms. The molecule has 2 unspecified atom stereocenters. The molecule has 0 aliphatic carbocycles. The second-order valence-electron chi connectivity index (χ2n) is 4.91. The number of benzene rings is 1. The highest BCUT2D eigenvalue weighted by atomic mass is 32.2. The lowest BCUT2D eigenvalue weighted by molar-refractivity contribution is 0.179. The Kier molecular flexibility index (Phi) is 5.54. The van der Waals surface area contributed by atoms with Gasteiger partial charge in [-0.15, -0.1) is 11.8 Å². The highest BCUT2D eigenvalue weighted by Crippen LogP contribution is 2.24. The molecular weight excluding hydrogens is 242 g/mol. The van der Waals surface area contributed by atoms with Gasteiger partial charge in [-0.1, -0.05) is 24.6 Å². The van der Waals surface area contributed by atoms with Crippen LogP contribution < -0.4 is 5.32 Å². The summed E-state index contributed by atoms with van der Waals surface area (Å²) >= 11 is 1.95. The van der Waals surface area contributed by atoms with E-state index in [1.807, 2.05) is 11.8 Å². The maximum atomic E-state index is 5.50. The van der Waals surface area contributed by atoms with Gasteiger partial charge in [0.15, 0.2) is 0 Å². The molecule has 1 aromatic carbocycles. The molecule has 1 saturated heterocycles. The molecule has 2 atom stereocenters. The smallest absolute Gasteiger partial charge is 0.0510 e. The minimum absolute atomic E-state index is 0.573. The van der Waals surface area contributed by atoms with Gasteiger partial charge in [0.05, 0.1) is 6.61 Å². The third-order valence-corrected chi connectivity index (χ3v) is 4.58. The van der Waals surface area contributed by atoms with Gasteiger partial charge in [0.2, 0.25) is 0 Å². The topological polar surface area (TPSA) is 21.3 Å². The third-order valence-electron chi connectivity index (χ3n) is 3.45. The van der Waals surface area contributed by atoms with Gasteiger partial charge < -0.3 is 10.1 Å². The first-order valence-corrected chi connectivity index (χ1v) is 7.78. The van der Waals surface area contributed by atoms with Crippen molar-refractivity contribution < 1.29 is 4.74 Å². The quantitative estimate of drug-likeness (QED) is 0.799. The first-order chi connectivity index (χ1) is 8.79. The molecule has 1 aliphatic rings. The summed E-state index contributed by atoms with van der Waals surface area (Å²) in [4.78, 5) is 1.36. The van der Waals surface area contributed by atoms with Crippen molar-refractivity contribution in [2.24, 2.45) is 5.92 Å². The Bertz CT molecular complexity index is 346. The molecule has 1 heterocycles. The van der Waals surface area contributed by atoms with Crippen LogP contribution in [0.5, 0.6) is 0 Å². The highest BCUT2D eigenvalue weighted by molar-refractivity contribution is 7.99. The summed E-state index contributed by atoms with van der Waals surface area (Å²) in [6.45, 7) is 7.20. The molecule has 3 heteroatoms. The summed E-state index contributed by atoms with van der Waals surface area (Å²) in [7, 11) is 0. The number of hydrogen-bond donors (Lipinski definition) is 1. The van der Waals surface area contributed by atoms with E-state index in [1.165, 1.54) is 16.9 Å². The van der Waals surface area contributed by atoms with Crippen LogP contribution in [0.25, 0.3) is 0 Å². The molecule has 1 fully saturated rings. The normalized spacial score (nSPS) is 21.1. The highest BCUT2D eigenvalue weighted by Gasteiger charge is 2.24. The predicted octanol–water partition coefficient (Wildman–Crippen LogP) is 3.10. The number of aryl methyl sites for hydroxylation is 1. The van der Waals surface area contributed by atoms with Crippen LogP contribution >= 0.6 is 11.8 Å². The number of thioether (sulfide) groups is 1. The zero-order valence-corrected chi connectivity index (χ0v) is 12.1. The largest absolute Gasteiger partial charge is 0.381 e. The molecule has 0 aromatic heterocycles. The van der Waals surface area contributed by atoms with Crippen LogP contribution in [0.3, 0.4) is 0 Å². The van der Waals surface area contributed by atoms with Crippen LogP contribution in [0, 0.1) is 12.8 Å². The lowest BCUT2D eigenvalue weighted by Gasteiger charge is -2.22. The Morgan fingerprint density at radius 2 is 2.17 bits per heavy atom. The van der Waals surface area contributed by atoms with Crippen molar-refractivity contribution in [3.05, 3.63) is 29.8 Å². The standard InChI is InChI=1S/C15H23NOS/c1-3-16-15(13-8-9-17-10-13)11-18-14-6-4-12(2)5-7-14/h4-7,13,15-16H,3,8-11H2,1-2H3. The van der Waals surface area contributed by atoms with Gasteiger partial charge in [0.25, 0.3) is 0 Å². The van der Waals surface area contributed by atoms with E-state index in [-0.39, 0.29) is 0 Å². The summed E-state index contributed by atoms with van der Waals surface area (Å²) in [6.07, 6.45) is 1.20. The monoisotopic (exact) mass is 265 g/mol. The van der Waals surface area contributed by atoms with Crippen molar-refractivity contribution in [3.8, 4) is 0 Å². The third kappa shape index (κ3) is 4.01. The summed E-state index contributed by atoms with van der Waals surface area (Å²) in [6, 6.07) is 9.37. The molecule has 1 aromatic rings. The summed E-state index contributed by atoms with van der Waals surface area (Å²) in [5.74, 6) is 1.81. The number of hydrogen-bond acceptors (Lipinski definition) is 3. The molecule has 1 N–H and O–H groups in total. The van der Waals surface area contributed by atoms with Crippen LogP contribution in [0.15, 0.2) is 29.2 Å². The second-order valence-corrected chi connectivity index (χ2v) is 6.01. The van der Waals surface area contributed by atoms with E-state index >= 15 is 0 Å². The molecule has 100 valence electrons. The fourth-order valence-electron chi connectivity index (χ4n) is 2.31. The van der Waals surface area contributed by atoms with Crippen molar-refractivity contribution in [1.82, 2.24) is 5.32 Å². The van der Waals surface area contributed by atoms with E-state index < -0.39 is 0 Å². The SMILES string of the molecule is CCNC(CSc1ccc(C)cc1)C1CCOC1. The van der Waals surface area contributed by atoms with Gasteiger partial charge in [0.1, 0.15) is 0 Å². The van der Waals surface area contributed by atoms with E-state index in [0.717, 1.165) is 25.5 Å². The Balaban J connectivity index is 1.86. The van der Waals surface area contributed by atoms with Gasteiger partial charge in [-0.05, 0) is 32.0 Å². The number of nitrogens with one attached hydrogen (secondary N) is 1. The Morgan fingerprint density at radius 3 is 2.78 bits per heavy atom. The Hall–Kier alpha value is -0.510. The van der Waals surface area contributed by atoms with Crippen molar-refractivity contribution in [1.29, 1.82) is 0 Å². The van der Waals surface area contributed by atoms with E-state index in [2.05, 4.69) is 43.4 Å². The van der Waals surface area contributed by atoms with Crippen LogP contribution in [-0.4, -0.2) is 31.6 Å². The average molecular weight is 265 g/mol. The van der Waals surface area contributed by atoms with Crippen molar-refractivity contribution in [2.45, 2.75) is 31.2 Å². The average Bonchev–Trinajstić information content (AvgIpc) is 2.90. The van der Waals surface area contributed by atoms with Crippen LogP contribution in [-0.2, 0) is 4.74 Å². The summed E-state index contributed by atoms with van der Waals surface area (Å²) in [5, 5.41) is 3.61.